The zero-order chi connectivity index (χ0) is 29.2. The second-order valence-electron chi connectivity index (χ2n) is 8.44. The van der Waals surface area contributed by atoms with Gasteiger partial charge in [-0.3, -0.25) is 0 Å². The second kappa shape index (κ2) is 18.1. The molecule has 4 aromatic carbocycles. The third-order valence-corrected chi connectivity index (χ3v) is 5.41. The molecule has 0 saturated carbocycles. The van der Waals surface area contributed by atoms with Crippen LogP contribution in [0.5, 0.6) is 11.5 Å². The fourth-order valence-corrected chi connectivity index (χ4v) is 3.41. The molecule has 0 aliphatic rings. The van der Waals surface area contributed by atoms with E-state index in [-0.39, 0.29) is 31.0 Å². The van der Waals surface area contributed by atoms with Crippen molar-refractivity contribution in [3.05, 3.63) is 158 Å². The van der Waals surface area contributed by atoms with Crippen LogP contribution in [0.4, 0.5) is 23.0 Å². The van der Waals surface area contributed by atoms with Crippen molar-refractivity contribution in [3.8, 4) is 22.6 Å². The van der Waals surface area contributed by atoms with Gasteiger partial charge in [-0.2, -0.15) is 0 Å². The normalized spacial score (nSPS) is 10.1. The molecule has 0 aliphatic heterocycles. The van der Waals surface area contributed by atoms with Gasteiger partial charge in [-0.1, -0.05) is 97.1 Å². The molecule has 0 spiro atoms. The van der Waals surface area contributed by atoms with E-state index in [1.54, 1.807) is 48.8 Å². The Hall–Kier alpha value is -5.40. The number of para-hydroxylation sites is 2. The summed E-state index contributed by atoms with van der Waals surface area (Å²) in [6.45, 7) is 0. The summed E-state index contributed by atoms with van der Waals surface area (Å²) in [5.74, 6) is 1.01. The van der Waals surface area contributed by atoms with Gasteiger partial charge >= 0.3 is 19.5 Å². The van der Waals surface area contributed by atoms with E-state index in [1.807, 2.05) is 97.1 Å². The van der Waals surface area contributed by atoms with Gasteiger partial charge in [0, 0.05) is 12.4 Å². The molecule has 0 N–H and O–H groups in total. The maximum Gasteiger partial charge on any atom is 2.00 e. The summed E-state index contributed by atoms with van der Waals surface area (Å²) < 4.78 is 0. The Bertz CT molecular complexity index is 1480. The van der Waals surface area contributed by atoms with Crippen molar-refractivity contribution in [2.24, 2.45) is 20.5 Å². The maximum absolute atomic E-state index is 11.4. The second-order valence-corrected chi connectivity index (χ2v) is 8.44. The van der Waals surface area contributed by atoms with Crippen LogP contribution >= 0.6 is 0 Å². The Balaban J connectivity index is 0.000000175. The number of nitrogens with zero attached hydrogens (tertiary/aromatic N) is 6. The third-order valence-electron chi connectivity index (χ3n) is 5.41. The Morgan fingerprint density at radius 1 is 0.372 bits per heavy atom. The van der Waals surface area contributed by atoms with Crippen LogP contribution < -0.4 is 10.2 Å². The van der Waals surface area contributed by atoms with Gasteiger partial charge in [-0.25, -0.2) is 9.97 Å². The monoisotopic (exact) mass is 652 g/mol. The van der Waals surface area contributed by atoms with Gasteiger partial charge in [0.15, 0.2) is 11.6 Å². The molecule has 0 bridgehead atoms. The molecule has 6 aromatic rings. The van der Waals surface area contributed by atoms with Crippen molar-refractivity contribution < 1.29 is 29.7 Å². The third kappa shape index (κ3) is 11.2. The van der Waals surface area contributed by atoms with Crippen LogP contribution in [0.15, 0.2) is 178 Å². The minimum Gasteiger partial charge on any atom is -0.872 e. The van der Waals surface area contributed by atoms with Crippen molar-refractivity contribution in [1.82, 2.24) is 9.97 Å². The average Bonchev–Trinajstić information content (AvgIpc) is 3.06. The van der Waals surface area contributed by atoms with Crippen LogP contribution in [0, 0.1) is 0 Å². The number of aromatic nitrogens is 2. The van der Waals surface area contributed by atoms with Crippen molar-refractivity contribution in [2.45, 2.75) is 0 Å². The molecule has 9 heteroatoms. The molecule has 2 heterocycles. The smallest absolute Gasteiger partial charge is 0.872 e. The predicted molar refractivity (Wildman–Crippen MR) is 160 cm³/mol. The van der Waals surface area contributed by atoms with Gasteiger partial charge in [0.2, 0.25) is 0 Å². The summed E-state index contributed by atoms with van der Waals surface area (Å²) in [5, 5.41) is 38.9. The van der Waals surface area contributed by atoms with Gasteiger partial charge in [0.1, 0.15) is 0 Å². The molecule has 212 valence electrons. The summed E-state index contributed by atoms with van der Waals surface area (Å²) in [5.41, 5.74) is 2.60. The molecule has 0 radical (unpaired) electrons. The molecular weight excluding hydrogens is 625 g/mol. The molecule has 2 aromatic heterocycles. The van der Waals surface area contributed by atoms with Gasteiger partial charge in [-0.05, 0) is 59.7 Å². The molecule has 8 nitrogen and oxygen atoms in total. The average molecular weight is 652 g/mol. The van der Waals surface area contributed by atoms with E-state index in [4.69, 9.17) is 0 Å². The molecule has 0 atom stereocenters. The van der Waals surface area contributed by atoms with Crippen LogP contribution in [0.25, 0.3) is 11.1 Å². The van der Waals surface area contributed by atoms with Crippen LogP contribution in [0.2, 0.25) is 0 Å². The summed E-state index contributed by atoms with van der Waals surface area (Å²) >= 11 is 0. The first-order chi connectivity index (χ1) is 20.7. The molecule has 0 aliphatic carbocycles. The van der Waals surface area contributed by atoms with Crippen LogP contribution in [0.3, 0.4) is 0 Å². The Kier molecular flexibility index (Phi) is 13.5. The first-order valence-electron chi connectivity index (χ1n) is 13.0. The molecule has 0 unspecified atom stereocenters. The number of pyridine rings is 2. The molecule has 0 saturated heterocycles. The molecular formula is C34H26N6O2Ru. The summed E-state index contributed by atoms with van der Waals surface area (Å²) in [4.78, 5) is 8.07. The molecule has 6 rings (SSSR count). The summed E-state index contributed by atoms with van der Waals surface area (Å²) in [6.07, 6.45) is 3.39. The van der Waals surface area contributed by atoms with E-state index >= 15 is 0 Å². The van der Waals surface area contributed by atoms with E-state index in [1.165, 1.54) is 12.1 Å². The van der Waals surface area contributed by atoms with Crippen LogP contribution in [0.1, 0.15) is 0 Å². The van der Waals surface area contributed by atoms with Crippen molar-refractivity contribution in [2.75, 3.05) is 0 Å². The van der Waals surface area contributed by atoms with Crippen molar-refractivity contribution in [3.63, 3.8) is 0 Å². The Labute approximate surface area is 263 Å². The number of benzene rings is 4. The summed E-state index contributed by atoms with van der Waals surface area (Å²) in [7, 11) is 0. The van der Waals surface area contributed by atoms with E-state index in [0.717, 1.165) is 11.4 Å². The van der Waals surface area contributed by atoms with Crippen molar-refractivity contribution >= 4 is 23.0 Å². The molecule has 0 fully saturated rings. The fourth-order valence-electron chi connectivity index (χ4n) is 3.41. The zero-order valence-electron chi connectivity index (χ0n) is 22.9. The minimum absolute atomic E-state index is 0. The number of azo groups is 2. The maximum atomic E-state index is 11.4. The zero-order valence-corrected chi connectivity index (χ0v) is 24.6. The number of hydrogen-bond acceptors (Lipinski definition) is 8. The first kappa shape index (κ1) is 32.1. The van der Waals surface area contributed by atoms with Crippen LogP contribution in [-0.2, 0) is 19.5 Å². The van der Waals surface area contributed by atoms with E-state index in [0.29, 0.717) is 22.8 Å². The van der Waals surface area contributed by atoms with Crippen molar-refractivity contribution in [1.29, 1.82) is 0 Å². The Morgan fingerprint density at radius 2 is 0.721 bits per heavy atom. The Morgan fingerprint density at radius 3 is 1.07 bits per heavy atom. The number of hydrogen-bond donors (Lipinski definition) is 0. The van der Waals surface area contributed by atoms with E-state index in [9.17, 15) is 10.2 Å². The van der Waals surface area contributed by atoms with Gasteiger partial charge < -0.3 is 10.2 Å². The molecule has 43 heavy (non-hydrogen) atoms. The molecule has 0 amide bonds. The minimum atomic E-state index is -0.115. The predicted octanol–water partition coefficient (Wildman–Crippen LogP) is 8.49. The largest absolute Gasteiger partial charge is 2.00 e. The van der Waals surface area contributed by atoms with E-state index < -0.39 is 0 Å². The van der Waals surface area contributed by atoms with E-state index in [2.05, 4.69) is 30.4 Å². The number of rotatable bonds is 5. The first-order valence-corrected chi connectivity index (χ1v) is 13.0. The quantitative estimate of drug-likeness (QED) is 0.137. The topological polar surface area (TPSA) is 121 Å². The van der Waals surface area contributed by atoms with Gasteiger partial charge in [0.25, 0.3) is 0 Å². The summed E-state index contributed by atoms with van der Waals surface area (Å²) in [6, 6.07) is 43.3. The van der Waals surface area contributed by atoms with Crippen LogP contribution in [-0.4, -0.2) is 9.97 Å². The fraction of sp³-hybridized carbons (Fsp3) is 0. The van der Waals surface area contributed by atoms with Gasteiger partial charge in [0.05, 0.1) is 11.4 Å². The van der Waals surface area contributed by atoms with Gasteiger partial charge in [-0.15, -0.1) is 32.0 Å². The standard InChI is InChI=1S/C12H10O2.2C11H9N3.Ru/c13-11-7-3-1-5-9(11)10-6-2-4-8-12(10)14;2*1-2-6-10(7-3-1)13-14-11-8-4-5-9-12-11;/h1-8,13-14H;2*1-9H;/q;;;+2/p-2. The SMILES string of the molecule is [O-]c1ccccc1-c1ccccc1[O-].[Ru+2].c1ccc(N=Nc2ccccn2)cc1.c1ccc(N=Nc2ccccn2)cc1.